The van der Waals surface area contributed by atoms with Crippen LogP contribution in [0.1, 0.15) is 49.7 Å². The fourth-order valence-corrected chi connectivity index (χ4v) is 4.38. The van der Waals surface area contributed by atoms with E-state index in [0.717, 1.165) is 31.7 Å². The molecule has 33 heavy (non-hydrogen) atoms. The molecule has 2 atom stereocenters. The van der Waals surface area contributed by atoms with Crippen LogP contribution in [-0.2, 0) is 11.7 Å². The number of hydrogen-bond acceptors (Lipinski definition) is 6. The molecule has 1 amide bonds. The van der Waals surface area contributed by atoms with Crippen molar-refractivity contribution in [2.45, 2.75) is 57.4 Å². The maximum Gasteiger partial charge on any atom is 0.437 e. The first kappa shape index (κ1) is 21.7. The number of amides is 1. The van der Waals surface area contributed by atoms with Crippen LogP contribution in [0.25, 0.3) is 5.65 Å². The molecular formula is C21H25F3N8O. The van der Waals surface area contributed by atoms with Crippen LogP contribution in [0.2, 0.25) is 0 Å². The topological polar surface area (TPSA) is 92.4 Å². The fourth-order valence-electron chi connectivity index (χ4n) is 4.38. The number of halogens is 3. The van der Waals surface area contributed by atoms with E-state index >= 15 is 0 Å². The molecule has 9 nitrogen and oxygen atoms in total. The van der Waals surface area contributed by atoms with Crippen LogP contribution in [0, 0.1) is 0 Å². The Kier molecular flexibility index (Phi) is 4.89. The highest BCUT2D eigenvalue weighted by Crippen LogP contribution is 2.35. The van der Waals surface area contributed by atoms with E-state index in [1.807, 2.05) is 6.07 Å². The second-order valence-electron chi connectivity index (χ2n) is 9.56. The van der Waals surface area contributed by atoms with Gasteiger partial charge in [0.1, 0.15) is 11.4 Å². The zero-order valence-corrected chi connectivity index (χ0v) is 18.5. The van der Waals surface area contributed by atoms with Crippen molar-refractivity contribution in [3.05, 3.63) is 35.9 Å². The number of piperazine rings is 1. The highest BCUT2D eigenvalue weighted by Gasteiger charge is 2.39. The van der Waals surface area contributed by atoms with Gasteiger partial charge < -0.3 is 15.5 Å². The molecule has 12 heteroatoms. The van der Waals surface area contributed by atoms with Gasteiger partial charge in [0.2, 0.25) is 0 Å². The first-order chi connectivity index (χ1) is 15.5. The van der Waals surface area contributed by atoms with Crippen molar-refractivity contribution in [2.24, 2.45) is 0 Å². The van der Waals surface area contributed by atoms with Crippen molar-refractivity contribution in [2.75, 3.05) is 23.3 Å². The minimum absolute atomic E-state index is 0.0915. The smallest absolute Gasteiger partial charge is 0.351 e. The first-order valence-electron chi connectivity index (χ1n) is 10.8. The van der Waals surface area contributed by atoms with E-state index in [1.165, 1.54) is 21.6 Å². The molecule has 3 aliphatic rings. The molecular weight excluding hydrogens is 437 g/mol. The molecule has 3 aromatic heterocycles. The third kappa shape index (κ3) is 3.92. The first-order valence-corrected chi connectivity index (χ1v) is 10.8. The molecule has 6 rings (SSSR count). The summed E-state index contributed by atoms with van der Waals surface area (Å²) in [5.41, 5.74) is -1.86. The second-order valence-corrected chi connectivity index (χ2v) is 9.56. The van der Waals surface area contributed by atoms with Crippen LogP contribution in [0.5, 0.6) is 0 Å². The Morgan fingerprint density at radius 1 is 1.24 bits per heavy atom. The van der Waals surface area contributed by atoms with Crippen molar-refractivity contribution in [3.8, 4) is 0 Å². The summed E-state index contributed by atoms with van der Waals surface area (Å²) in [5.74, 6) is 0.000207. The number of anilines is 2. The lowest BCUT2D eigenvalue weighted by atomic mass is 9.93. The number of carbonyl (C=O) groups excluding carboxylic acids is 1. The Balaban J connectivity index is 1.47. The van der Waals surface area contributed by atoms with Crippen LogP contribution < -0.4 is 15.5 Å². The lowest BCUT2D eigenvalue weighted by molar-refractivity contribution is -0.141. The average molecular weight is 462 g/mol. The number of piperidine rings is 2. The number of fused-ring (bicyclic) bond motifs is 4. The van der Waals surface area contributed by atoms with Crippen molar-refractivity contribution < 1.29 is 18.0 Å². The van der Waals surface area contributed by atoms with Crippen molar-refractivity contribution in [1.29, 1.82) is 0 Å². The van der Waals surface area contributed by atoms with Crippen molar-refractivity contribution in [1.82, 2.24) is 29.7 Å². The monoisotopic (exact) mass is 462 g/mol. The van der Waals surface area contributed by atoms with Gasteiger partial charge in [-0.05, 0) is 39.7 Å². The summed E-state index contributed by atoms with van der Waals surface area (Å²) in [7, 11) is 0. The zero-order chi connectivity index (χ0) is 23.5. The van der Waals surface area contributed by atoms with Gasteiger partial charge in [-0.25, -0.2) is 9.50 Å². The Labute approximate surface area is 188 Å². The van der Waals surface area contributed by atoms with Gasteiger partial charge in [-0.15, -0.1) is 0 Å². The Morgan fingerprint density at radius 3 is 2.64 bits per heavy atom. The zero-order valence-electron chi connectivity index (χ0n) is 18.5. The normalized spacial score (nSPS) is 21.1. The van der Waals surface area contributed by atoms with E-state index in [0.29, 0.717) is 12.1 Å². The molecule has 3 saturated heterocycles. The highest BCUT2D eigenvalue weighted by atomic mass is 19.4. The summed E-state index contributed by atoms with van der Waals surface area (Å²) in [5, 5.41) is 13.7. The molecule has 3 aromatic rings. The predicted octanol–water partition coefficient (Wildman–Crippen LogP) is 2.89. The standard InChI is InChI=1S/C21H25F3N8O/c1-20(2,3)32-11-15(17(29-32)21(22,23)24)27-19(33)14-9-26-31-7-6-16(28-18(14)31)30-10-12-4-5-13(30)8-25-12/h6-7,9,11-13,25H,4-5,8,10H2,1-3H3,(H,27,33). The molecule has 2 N–H and O–H groups in total. The van der Waals surface area contributed by atoms with E-state index in [4.69, 9.17) is 0 Å². The summed E-state index contributed by atoms with van der Waals surface area (Å²) in [4.78, 5) is 19.9. The molecule has 0 aromatic carbocycles. The molecule has 2 unspecified atom stereocenters. The number of alkyl halides is 3. The Hall–Kier alpha value is -3.15. The van der Waals surface area contributed by atoms with E-state index in [9.17, 15) is 18.0 Å². The van der Waals surface area contributed by atoms with E-state index in [2.05, 4.69) is 30.7 Å². The maximum atomic E-state index is 13.6. The minimum atomic E-state index is -4.72. The third-order valence-corrected chi connectivity index (χ3v) is 6.16. The van der Waals surface area contributed by atoms with Gasteiger partial charge in [0.15, 0.2) is 11.3 Å². The number of nitrogens with zero attached hydrogens (tertiary/aromatic N) is 6. The van der Waals surface area contributed by atoms with E-state index in [1.54, 1.807) is 27.0 Å². The number of carbonyl (C=O) groups is 1. The average Bonchev–Trinajstić information content (AvgIpc) is 3.38. The van der Waals surface area contributed by atoms with Crippen LogP contribution in [0.15, 0.2) is 24.7 Å². The molecule has 3 aliphatic heterocycles. The van der Waals surface area contributed by atoms with E-state index < -0.39 is 29.0 Å². The van der Waals surface area contributed by atoms with Crippen LogP contribution in [0.3, 0.4) is 0 Å². The molecule has 6 heterocycles. The summed E-state index contributed by atoms with van der Waals surface area (Å²) < 4.78 is 43.3. The Morgan fingerprint density at radius 2 is 2.03 bits per heavy atom. The molecule has 3 fully saturated rings. The van der Waals surface area contributed by atoms with E-state index in [-0.39, 0.29) is 11.2 Å². The third-order valence-electron chi connectivity index (χ3n) is 6.16. The number of rotatable bonds is 3. The summed E-state index contributed by atoms with van der Waals surface area (Å²) in [6.07, 6.45) is 1.69. The number of aromatic nitrogens is 5. The lowest BCUT2D eigenvalue weighted by Crippen LogP contribution is -2.61. The summed E-state index contributed by atoms with van der Waals surface area (Å²) >= 11 is 0. The fraction of sp³-hybridized carbons (Fsp3) is 0.524. The summed E-state index contributed by atoms with van der Waals surface area (Å²) in [6, 6.07) is 2.57. The van der Waals surface area contributed by atoms with Gasteiger partial charge in [-0.1, -0.05) is 0 Å². The van der Waals surface area contributed by atoms with Crippen molar-refractivity contribution >= 4 is 23.1 Å². The molecule has 0 radical (unpaired) electrons. The molecule has 0 saturated carbocycles. The van der Waals surface area contributed by atoms with Gasteiger partial charge in [0, 0.05) is 37.6 Å². The SMILES string of the molecule is CC(C)(C)n1cc(NC(=O)c2cnn3ccc(N4CC5CCC4CN5)nc23)c(C(F)(F)F)n1. The van der Waals surface area contributed by atoms with Gasteiger partial charge in [-0.2, -0.15) is 23.4 Å². The van der Waals surface area contributed by atoms with Crippen molar-refractivity contribution in [3.63, 3.8) is 0 Å². The molecule has 0 spiro atoms. The Bertz CT molecular complexity index is 1200. The molecule has 176 valence electrons. The van der Waals surface area contributed by atoms with Gasteiger partial charge in [-0.3, -0.25) is 9.48 Å². The van der Waals surface area contributed by atoms with Crippen LogP contribution >= 0.6 is 0 Å². The summed E-state index contributed by atoms with van der Waals surface area (Å²) in [6.45, 7) is 6.88. The highest BCUT2D eigenvalue weighted by molar-refractivity contribution is 6.08. The largest absolute Gasteiger partial charge is 0.437 e. The minimum Gasteiger partial charge on any atom is -0.351 e. The predicted molar refractivity (Wildman–Crippen MR) is 115 cm³/mol. The van der Waals surface area contributed by atoms with Gasteiger partial charge >= 0.3 is 6.18 Å². The maximum absolute atomic E-state index is 13.6. The van der Waals surface area contributed by atoms with Crippen LogP contribution in [0.4, 0.5) is 24.7 Å². The van der Waals surface area contributed by atoms with Gasteiger partial charge in [0.25, 0.3) is 5.91 Å². The lowest BCUT2D eigenvalue weighted by Gasteiger charge is -2.46. The second kappa shape index (κ2) is 7.44. The molecule has 2 bridgehead atoms. The molecule has 0 aliphatic carbocycles. The number of nitrogens with one attached hydrogen (secondary N) is 2. The van der Waals surface area contributed by atoms with Crippen LogP contribution in [-0.4, -0.2) is 55.5 Å². The van der Waals surface area contributed by atoms with Gasteiger partial charge in [0.05, 0.1) is 17.4 Å². The number of hydrogen-bond donors (Lipinski definition) is 2. The quantitative estimate of drug-likeness (QED) is 0.622.